The standard InChI is InChI=1S/C17H18O2/c1-2-3-9-17(18)19-16-12-10-15(11-13-16)14-7-5-4-6-8-14/h4-8,10-13H,2-3,9H2,1H3. The molecular formula is C17H18O2. The van der Waals surface area contributed by atoms with Crippen LogP contribution in [0.3, 0.4) is 0 Å². The Hall–Kier alpha value is -2.09. The lowest BCUT2D eigenvalue weighted by Gasteiger charge is -2.05. The monoisotopic (exact) mass is 254 g/mol. The first-order valence-electron chi connectivity index (χ1n) is 6.66. The third-order valence-corrected chi connectivity index (χ3v) is 2.93. The molecule has 0 atom stereocenters. The largest absolute Gasteiger partial charge is 0.427 e. The molecule has 0 amide bonds. The molecule has 0 spiro atoms. The zero-order chi connectivity index (χ0) is 13.5. The van der Waals surface area contributed by atoms with E-state index >= 15 is 0 Å². The van der Waals surface area contributed by atoms with Crippen molar-refractivity contribution in [3.8, 4) is 16.9 Å². The Balaban J connectivity index is 2.01. The quantitative estimate of drug-likeness (QED) is 0.582. The Labute approximate surface area is 114 Å². The highest BCUT2D eigenvalue weighted by molar-refractivity contribution is 5.73. The lowest BCUT2D eigenvalue weighted by atomic mass is 10.1. The average Bonchev–Trinajstić information content (AvgIpc) is 2.47. The molecule has 98 valence electrons. The molecule has 0 saturated heterocycles. The predicted octanol–water partition coefficient (Wildman–Crippen LogP) is 4.45. The maximum Gasteiger partial charge on any atom is 0.311 e. The van der Waals surface area contributed by atoms with Gasteiger partial charge in [0, 0.05) is 6.42 Å². The molecule has 0 fully saturated rings. The van der Waals surface area contributed by atoms with E-state index < -0.39 is 0 Å². The molecular weight excluding hydrogens is 236 g/mol. The van der Waals surface area contributed by atoms with Crippen molar-refractivity contribution in [2.45, 2.75) is 26.2 Å². The van der Waals surface area contributed by atoms with Gasteiger partial charge in [-0.2, -0.15) is 0 Å². The maximum atomic E-state index is 11.5. The van der Waals surface area contributed by atoms with E-state index in [9.17, 15) is 4.79 Å². The van der Waals surface area contributed by atoms with Crippen molar-refractivity contribution in [3.05, 3.63) is 54.6 Å². The van der Waals surface area contributed by atoms with Crippen LogP contribution in [-0.2, 0) is 4.79 Å². The van der Waals surface area contributed by atoms with Crippen LogP contribution in [0.25, 0.3) is 11.1 Å². The summed E-state index contributed by atoms with van der Waals surface area (Å²) in [6, 6.07) is 17.7. The van der Waals surface area contributed by atoms with Gasteiger partial charge in [-0.25, -0.2) is 0 Å². The number of hydrogen-bond donors (Lipinski definition) is 0. The van der Waals surface area contributed by atoms with Gasteiger partial charge >= 0.3 is 5.97 Å². The number of carbonyl (C=O) groups excluding carboxylic acids is 1. The van der Waals surface area contributed by atoms with Gasteiger partial charge in [-0.15, -0.1) is 0 Å². The summed E-state index contributed by atoms with van der Waals surface area (Å²) in [5.41, 5.74) is 2.28. The van der Waals surface area contributed by atoms with Crippen molar-refractivity contribution in [1.29, 1.82) is 0 Å². The second-order valence-corrected chi connectivity index (χ2v) is 4.47. The zero-order valence-corrected chi connectivity index (χ0v) is 11.1. The lowest BCUT2D eigenvalue weighted by molar-refractivity contribution is -0.134. The minimum absolute atomic E-state index is 0.158. The van der Waals surface area contributed by atoms with Crippen molar-refractivity contribution >= 4 is 5.97 Å². The molecule has 19 heavy (non-hydrogen) atoms. The van der Waals surface area contributed by atoms with Gasteiger partial charge < -0.3 is 4.74 Å². The normalized spacial score (nSPS) is 10.2. The van der Waals surface area contributed by atoms with Crippen LogP contribution in [0.4, 0.5) is 0 Å². The van der Waals surface area contributed by atoms with Crippen LogP contribution in [0, 0.1) is 0 Å². The first kappa shape index (κ1) is 13.3. The lowest BCUT2D eigenvalue weighted by Crippen LogP contribution is -2.07. The third-order valence-electron chi connectivity index (χ3n) is 2.93. The van der Waals surface area contributed by atoms with E-state index in [4.69, 9.17) is 4.74 Å². The van der Waals surface area contributed by atoms with Crippen LogP contribution in [-0.4, -0.2) is 5.97 Å². The molecule has 2 aromatic carbocycles. The van der Waals surface area contributed by atoms with Crippen molar-refractivity contribution in [3.63, 3.8) is 0 Å². The van der Waals surface area contributed by atoms with Crippen LogP contribution >= 0.6 is 0 Å². The maximum absolute atomic E-state index is 11.5. The Morgan fingerprint density at radius 1 is 0.947 bits per heavy atom. The van der Waals surface area contributed by atoms with Gasteiger partial charge in [-0.1, -0.05) is 55.8 Å². The molecule has 0 unspecified atom stereocenters. The summed E-state index contributed by atoms with van der Waals surface area (Å²) in [4.78, 5) is 11.5. The summed E-state index contributed by atoms with van der Waals surface area (Å²) in [6.45, 7) is 2.06. The second-order valence-electron chi connectivity index (χ2n) is 4.47. The van der Waals surface area contributed by atoms with Crippen molar-refractivity contribution in [2.75, 3.05) is 0 Å². The summed E-state index contributed by atoms with van der Waals surface area (Å²) in [5, 5.41) is 0. The highest BCUT2D eigenvalue weighted by atomic mass is 16.5. The average molecular weight is 254 g/mol. The van der Waals surface area contributed by atoms with Gasteiger partial charge in [0.25, 0.3) is 0 Å². The Morgan fingerprint density at radius 3 is 2.21 bits per heavy atom. The van der Waals surface area contributed by atoms with Gasteiger partial charge in [-0.05, 0) is 29.7 Å². The first-order chi connectivity index (χ1) is 9.29. The molecule has 2 heteroatoms. The van der Waals surface area contributed by atoms with E-state index in [1.54, 1.807) is 0 Å². The Morgan fingerprint density at radius 2 is 1.58 bits per heavy atom. The number of carbonyl (C=O) groups is 1. The van der Waals surface area contributed by atoms with E-state index in [1.165, 1.54) is 0 Å². The van der Waals surface area contributed by atoms with Gasteiger partial charge in [-0.3, -0.25) is 4.79 Å². The molecule has 0 bridgehead atoms. The fourth-order valence-corrected chi connectivity index (χ4v) is 1.85. The summed E-state index contributed by atoms with van der Waals surface area (Å²) < 4.78 is 5.27. The second kappa shape index (κ2) is 6.74. The van der Waals surface area contributed by atoms with Crippen LogP contribution < -0.4 is 4.74 Å². The Kier molecular flexibility index (Phi) is 4.73. The molecule has 0 aliphatic heterocycles. The third kappa shape index (κ3) is 3.95. The number of ether oxygens (including phenoxy) is 1. The first-order valence-corrected chi connectivity index (χ1v) is 6.66. The van der Waals surface area contributed by atoms with E-state index in [0.29, 0.717) is 12.2 Å². The summed E-state index contributed by atoms with van der Waals surface area (Å²) in [6.07, 6.45) is 2.36. The summed E-state index contributed by atoms with van der Waals surface area (Å²) in [7, 11) is 0. The van der Waals surface area contributed by atoms with Crippen LogP contribution in [0.5, 0.6) is 5.75 Å². The molecule has 0 aliphatic rings. The smallest absolute Gasteiger partial charge is 0.311 e. The fraction of sp³-hybridized carbons (Fsp3) is 0.235. The van der Waals surface area contributed by atoms with Gasteiger partial charge in [0.15, 0.2) is 0 Å². The number of esters is 1. The predicted molar refractivity (Wildman–Crippen MR) is 77.0 cm³/mol. The van der Waals surface area contributed by atoms with Crippen molar-refractivity contribution < 1.29 is 9.53 Å². The molecule has 0 heterocycles. The van der Waals surface area contributed by atoms with Crippen LogP contribution in [0.2, 0.25) is 0 Å². The number of hydrogen-bond acceptors (Lipinski definition) is 2. The molecule has 2 nitrogen and oxygen atoms in total. The minimum Gasteiger partial charge on any atom is -0.427 e. The van der Waals surface area contributed by atoms with Gasteiger partial charge in [0.2, 0.25) is 0 Å². The fourth-order valence-electron chi connectivity index (χ4n) is 1.85. The summed E-state index contributed by atoms with van der Waals surface area (Å²) in [5.74, 6) is 0.454. The van der Waals surface area contributed by atoms with Crippen LogP contribution in [0.1, 0.15) is 26.2 Å². The molecule has 0 aromatic heterocycles. The van der Waals surface area contributed by atoms with E-state index in [-0.39, 0.29) is 5.97 Å². The highest BCUT2D eigenvalue weighted by Crippen LogP contribution is 2.22. The molecule has 2 rings (SSSR count). The molecule has 2 aromatic rings. The molecule has 0 radical (unpaired) electrons. The topological polar surface area (TPSA) is 26.3 Å². The molecule has 0 aliphatic carbocycles. The van der Waals surface area contributed by atoms with E-state index in [2.05, 4.69) is 19.1 Å². The zero-order valence-electron chi connectivity index (χ0n) is 11.1. The SMILES string of the molecule is CCCCC(=O)Oc1ccc(-c2ccccc2)cc1. The van der Waals surface area contributed by atoms with Gasteiger partial charge in [0.1, 0.15) is 5.75 Å². The summed E-state index contributed by atoms with van der Waals surface area (Å²) >= 11 is 0. The number of rotatable bonds is 5. The number of unbranched alkanes of at least 4 members (excludes halogenated alkanes) is 1. The van der Waals surface area contributed by atoms with E-state index in [1.807, 2.05) is 42.5 Å². The van der Waals surface area contributed by atoms with E-state index in [0.717, 1.165) is 24.0 Å². The highest BCUT2D eigenvalue weighted by Gasteiger charge is 2.04. The van der Waals surface area contributed by atoms with Crippen LogP contribution in [0.15, 0.2) is 54.6 Å². The Bertz CT molecular complexity index is 515. The number of benzene rings is 2. The van der Waals surface area contributed by atoms with Crippen molar-refractivity contribution in [1.82, 2.24) is 0 Å². The molecule has 0 N–H and O–H groups in total. The van der Waals surface area contributed by atoms with Gasteiger partial charge in [0.05, 0.1) is 0 Å². The minimum atomic E-state index is -0.158. The molecule has 0 saturated carbocycles. The van der Waals surface area contributed by atoms with Crippen molar-refractivity contribution in [2.24, 2.45) is 0 Å².